The highest BCUT2D eigenvalue weighted by molar-refractivity contribution is 7.80. The molecule has 0 bridgehead atoms. The summed E-state index contributed by atoms with van der Waals surface area (Å²) >= 11 is 5.15. The first-order valence-electron chi connectivity index (χ1n) is 11.0. The lowest BCUT2D eigenvalue weighted by atomic mass is 9.95. The number of anilines is 1. The van der Waals surface area contributed by atoms with Crippen molar-refractivity contribution in [3.8, 4) is 5.75 Å². The van der Waals surface area contributed by atoms with Crippen LogP contribution in [0.4, 0.5) is 14.9 Å². The van der Waals surface area contributed by atoms with Gasteiger partial charge in [-0.2, -0.15) is 0 Å². The molecule has 3 rings (SSSR count). The molecule has 2 atom stereocenters. The Bertz CT molecular complexity index is 1020. The molecule has 0 saturated carbocycles. The molecular formula is C24H29FN4O4S. The van der Waals surface area contributed by atoms with E-state index < -0.39 is 18.1 Å². The monoisotopic (exact) mass is 488 g/mol. The number of thiocarbonyl (C=S) groups is 1. The molecule has 1 heterocycles. The highest BCUT2D eigenvalue weighted by atomic mass is 32.1. The zero-order valence-electron chi connectivity index (χ0n) is 19.2. The molecule has 0 aromatic heterocycles. The summed E-state index contributed by atoms with van der Waals surface area (Å²) in [6, 6.07) is 13.4. The van der Waals surface area contributed by atoms with Crippen molar-refractivity contribution in [1.29, 1.82) is 0 Å². The lowest BCUT2D eigenvalue weighted by Gasteiger charge is -2.38. The Morgan fingerprint density at radius 2 is 1.97 bits per heavy atom. The summed E-state index contributed by atoms with van der Waals surface area (Å²) in [4.78, 5) is 27.0. The Kier molecular flexibility index (Phi) is 8.78. The number of hydrogen-bond donors (Lipinski definition) is 3. The second kappa shape index (κ2) is 11.8. The quantitative estimate of drug-likeness (QED) is 0.513. The predicted octanol–water partition coefficient (Wildman–Crippen LogP) is 3.54. The molecule has 0 spiro atoms. The van der Waals surface area contributed by atoms with Crippen molar-refractivity contribution >= 4 is 35.0 Å². The van der Waals surface area contributed by atoms with Gasteiger partial charge >= 0.3 is 6.09 Å². The van der Waals surface area contributed by atoms with E-state index in [-0.39, 0.29) is 29.1 Å². The van der Waals surface area contributed by atoms with E-state index in [4.69, 9.17) is 17.0 Å². The molecule has 2 aromatic rings. The van der Waals surface area contributed by atoms with E-state index in [1.807, 2.05) is 49.3 Å². The largest absolute Gasteiger partial charge is 0.467 e. The summed E-state index contributed by atoms with van der Waals surface area (Å²) < 4.78 is 20.6. The van der Waals surface area contributed by atoms with Gasteiger partial charge in [0.1, 0.15) is 0 Å². The van der Waals surface area contributed by atoms with E-state index in [0.29, 0.717) is 18.7 Å². The van der Waals surface area contributed by atoms with Crippen LogP contribution in [0.25, 0.3) is 0 Å². The minimum atomic E-state index is -1.09. The highest BCUT2D eigenvalue weighted by Gasteiger charge is 2.33. The van der Waals surface area contributed by atoms with Gasteiger partial charge in [0.05, 0.1) is 6.42 Å². The van der Waals surface area contributed by atoms with E-state index in [1.54, 1.807) is 6.07 Å². The van der Waals surface area contributed by atoms with Crippen LogP contribution in [0.1, 0.15) is 18.4 Å². The van der Waals surface area contributed by atoms with E-state index >= 15 is 0 Å². The lowest BCUT2D eigenvalue weighted by Crippen LogP contribution is -2.49. The molecule has 1 fully saturated rings. The summed E-state index contributed by atoms with van der Waals surface area (Å²) in [7, 11) is 3.92. The van der Waals surface area contributed by atoms with Crippen LogP contribution in [0, 0.1) is 11.7 Å². The first kappa shape index (κ1) is 25.4. The summed E-state index contributed by atoms with van der Waals surface area (Å²) in [6.07, 6.45) is -0.503. The van der Waals surface area contributed by atoms with Crippen molar-refractivity contribution in [2.24, 2.45) is 5.92 Å². The number of hydrogen-bond acceptors (Lipinski definition) is 5. The Morgan fingerprint density at radius 3 is 2.62 bits per heavy atom. The Labute approximate surface area is 203 Å². The molecule has 2 unspecified atom stereocenters. The fraction of sp³-hybridized carbons (Fsp3) is 0.375. The third-order valence-electron chi connectivity index (χ3n) is 5.44. The third kappa shape index (κ3) is 7.39. The Balaban J connectivity index is 1.59. The fourth-order valence-electron chi connectivity index (χ4n) is 3.94. The van der Waals surface area contributed by atoms with Crippen molar-refractivity contribution in [3.63, 3.8) is 0 Å². The third-order valence-corrected chi connectivity index (χ3v) is 5.65. The molecule has 2 amide bonds. The number of nitrogens with zero attached hydrogens (tertiary/aromatic N) is 2. The summed E-state index contributed by atoms with van der Waals surface area (Å²) in [6.45, 7) is 1.13. The molecule has 1 aliphatic rings. The van der Waals surface area contributed by atoms with Crippen LogP contribution in [0.5, 0.6) is 5.75 Å². The number of carbonyl (C=O) groups is 2. The normalized spacial score (nSPS) is 17.8. The summed E-state index contributed by atoms with van der Waals surface area (Å²) in [5.74, 6) is -0.756. The lowest BCUT2D eigenvalue weighted by molar-refractivity contribution is -0.119. The van der Waals surface area contributed by atoms with E-state index in [0.717, 1.165) is 18.5 Å². The van der Waals surface area contributed by atoms with Crippen LogP contribution >= 0.6 is 12.2 Å². The molecule has 8 nitrogen and oxygen atoms in total. The van der Waals surface area contributed by atoms with Crippen LogP contribution in [0.15, 0.2) is 48.5 Å². The topological polar surface area (TPSA) is 94.1 Å². The molecule has 0 aliphatic carbocycles. The van der Waals surface area contributed by atoms with Crippen molar-refractivity contribution in [1.82, 2.24) is 15.1 Å². The maximum Gasteiger partial charge on any atom is 0.410 e. The molecule has 34 heavy (non-hydrogen) atoms. The zero-order chi connectivity index (χ0) is 24.7. The van der Waals surface area contributed by atoms with Crippen molar-refractivity contribution in [3.05, 3.63) is 59.9 Å². The second-order valence-electron chi connectivity index (χ2n) is 8.51. The molecule has 3 N–H and O–H groups in total. The van der Waals surface area contributed by atoms with Gasteiger partial charge in [-0.25, -0.2) is 9.18 Å². The zero-order valence-corrected chi connectivity index (χ0v) is 20.0. The van der Waals surface area contributed by atoms with Gasteiger partial charge in [-0.3, -0.25) is 9.69 Å². The molecule has 1 saturated heterocycles. The van der Waals surface area contributed by atoms with E-state index in [9.17, 15) is 19.1 Å². The smallest absolute Gasteiger partial charge is 0.410 e. The molecule has 182 valence electrons. The van der Waals surface area contributed by atoms with Gasteiger partial charge in [0.25, 0.3) is 0 Å². The number of piperidine rings is 1. The number of halogens is 1. The van der Waals surface area contributed by atoms with Crippen molar-refractivity contribution in [2.75, 3.05) is 32.5 Å². The number of benzene rings is 2. The maximum atomic E-state index is 14.8. The van der Waals surface area contributed by atoms with Gasteiger partial charge in [0.2, 0.25) is 5.91 Å². The predicted molar refractivity (Wildman–Crippen MR) is 131 cm³/mol. The number of amides is 2. The molecular weight excluding hydrogens is 459 g/mol. The van der Waals surface area contributed by atoms with Gasteiger partial charge in [-0.15, -0.1) is 0 Å². The SMILES string of the molecule is CN(C)CC1CCN(C(=O)O)C(Oc2ccc(NC(=S)NC(=O)Cc3ccccc3)cc2F)C1. The Hall–Kier alpha value is -3.24. The van der Waals surface area contributed by atoms with Gasteiger partial charge in [-0.1, -0.05) is 30.3 Å². The fourth-order valence-corrected chi connectivity index (χ4v) is 4.18. The number of carbonyl (C=O) groups excluding carboxylic acids is 1. The average molecular weight is 489 g/mol. The standard InChI is InChI=1S/C24H29FN4O4S/c1-28(2)15-17-10-11-29(24(31)32)22(13-17)33-20-9-8-18(14-19(20)25)26-23(34)27-21(30)12-16-6-4-3-5-7-16/h3-9,14,17,22H,10-13,15H2,1-2H3,(H,31,32)(H2,26,27,30,34). The van der Waals surface area contributed by atoms with Crippen LogP contribution < -0.4 is 15.4 Å². The van der Waals surface area contributed by atoms with Crippen LogP contribution in [-0.4, -0.2) is 65.4 Å². The second-order valence-corrected chi connectivity index (χ2v) is 8.92. The molecule has 10 heteroatoms. The van der Waals surface area contributed by atoms with Crippen LogP contribution in [0.3, 0.4) is 0 Å². The minimum absolute atomic E-state index is 0.0462. The Morgan fingerprint density at radius 1 is 1.24 bits per heavy atom. The summed E-state index contributed by atoms with van der Waals surface area (Å²) in [5.41, 5.74) is 1.18. The first-order chi connectivity index (χ1) is 16.2. The minimum Gasteiger partial charge on any atom is -0.467 e. The number of likely N-dealkylation sites (tertiary alicyclic amines) is 1. The van der Waals surface area contributed by atoms with Crippen LogP contribution in [0.2, 0.25) is 0 Å². The maximum absolute atomic E-state index is 14.8. The van der Waals surface area contributed by atoms with Gasteiger partial charge < -0.3 is 25.4 Å². The summed E-state index contributed by atoms with van der Waals surface area (Å²) in [5, 5.41) is 14.9. The first-order valence-corrected chi connectivity index (χ1v) is 11.4. The molecule has 2 aromatic carbocycles. The molecule has 0 radical (unpaired) electrons. The van der Waals surface area contributed by atoms with Gasteiger partial charge in [-0.05, 0) is 56.3 Å². The number of ether oxygens (including phenoxy) is 1. The molecule has 1 aliphatic heterocycles. The van der Waals surface area contributed by atoms with Gasteiger partial charge in [0, 0.05) is 31.3 Å². The number of nitrogens with one attached hydrogen (secondary N) is 2. The van der Waals surface area contributed by atoms with Crippen molar-refractivity contribution < 1.29 is 23.8 Å². The van der Waals surface area contributed by atoms with Crippen molar-refractivity contribution in [2.45, 2.75) is 25.5 Å². The average Bonchev–Trinajstić information content (AvgIpc) is 2.75. The van der Waals surface area contributed by atoms with E-state index in [2.05, 4.69) is 10.6 Å². The van der Waals surface area contributed by atoms with Gasteiger partial charge in [0.15, 0.2) is 22.9 Å². The number of rotatable bonds is 7. The van der Waals surface area contributed by atoms with Crippen LogP contribution in [-0.2, 0) is 11.2 Å². The van der Waals surface area contributed by atoms with E-state index in [1.165, 1.54) is 17.0 Å². The number of carboxylic acid groups (broad SMARTS) is 1. The highest BCUT2D eigenvalue weighted by Crippen LogP contribution is 2.29.